The van der Waals surface area contributed by atoms with Gasteiger partial charge in [-0.1, -0.05) is 102 Å². The van der Waals surface area contributed by atoms with Crippen molar-refractivity contribution in [3.8, 4) is 0 Å². The molecule has 0 atom stereocenters. The molecule has 0 radical (unpaired) electrons. The molecule has 0 aromatic carbocycles. The Labute approximate surface area is 276 Å². The molecule has 8 bridgehead atoms. The van der Waals surface area contributed by atoms with Gasteiger partial charge in [-0.3, -0.25) is 0 Å². The second-order valence-corrected chi connectivity index (χ2v) is 14.6. The molecule has 0 spiro atoms. The topological polar surface area (TPSA) is 54.0 Å². The van der Waals surface area contributed by atoms with E-state index in [2.05, 4.69) is 79.7 Å². The minimum absolute atomic E-state index is 0.826. The van der Waals surface area contributed by atoms with Gasteiger partial charge >= 0.3 is 37.9 Å². The zero-order valence-electron chi connectivity index (χ0n) is 27.0. The molecular formula is C36H44Cl2N4Zr. The van der Waals surface area contributed by atoms with E-state index in [9.17, 15) is 0 Å². The van der Waals surface area contributed by atoms with Crippen LogP contribution in [0.2, 0.25) is 0 Å². The molecule has 226 valence electrons. The number of fused-ring (bicyclic) bond motifs is 8. The molecule has 0 saturated carbocycles. The molecule has 3 aromatic rings. The molecule has 0 fully saturated rings. The van der Waals surface area contributed by atoms with Crippen LogP contribution in [0.25, 0.3) is 44.4 Å². The molecule has 7 heteroatoms. The summed E-state index contributed by atoms with van der Waals surface area (Å²) < 4.78 is 0. The summed E-state index contributed by atoms with van der Waals surface area (Å²) >= 11 is -0.826. The van der Waals surface area contributed by atoms with E-state index in [0.717, 1.165) is 96.2 Å². The van der Waals surface area contributed by atoms with E-state index in [4.69, 9.17) is 37.0 Å². The number of aromatic nitrogens is 4. The molecule has 0 saturated heterocycles. The van der Waals surface area contributed by atoms with E-state index in [-0.39, 0.29) is 0 Å². The Hall–Kier alpha value is -1.94. The number of hydrogen-bond donors (Lipinski definition) is 0. The Morgan fingerprint density at radius 1 is 0.442 bits per heavy atom. The van der Waals surface area contributed by atoms with Crippen LogP contribution in [0, 0.1) is 0 Å². The summed E-state index contributed by atoms with van der Waals surface area (Å²) in [7, 11) is 9.87. The van der Waals surface area contributed by atoms with Crippen LogP contribution in [0.3, 0.4) is 0 Å². The summed E-state index contributed by atoms with van der Waals surface area (Å²) in [5.41, 5.74) is 19.1. The van der Waals surface area contributed by atoms with E-state index in [1.165, 1.54) is 44.5 Å². The SMILES string of the molecule is CCC1=C(CC)c2cc3[n-]c(cc4nc(cc5[n-]c(cc1n2)c(CC)c5CC)C(CC)=C4CC)c(CC)c3CC.[Cl][Zr+2][Cl]. The van der Waals surface area contributed by atoms with Crippen molar-refractivity contribution < 1.29 is 20.8 Å². The van der Waals surface area contributed by atoms with Gasteiger partial charge < -0.3 is 9.97 Å². The van der Waals surface area contributed by atoms with Gasteiger partial charge in [0, 0.05) is 0 Å². The standard InChI is InChI=1S/C36H44N4.2ClH.Zr/c1-9-21-22(10-2)30-18-32-25(13-5)26(14-6)34(39-32)20-36-28(16-8)27(15-7)35(40-36)19-33-24(12-4)23(11-3)31(38-33)17-29(21)37-30;;;/h17-20H,9-16H2,1-8H3;2*1H;/q-2;;;+4/p-2. The third-order valence-electron chi connectivity index (χ3n) is 8.82. The van der Waals surface area contributed by atoms with Gasteiger partial charge in [0.2, 0.25) is 0 Å². The fourth-order valence-corrected chi connectivity index (χ4v) is 6.92. The first kappa shape index (κ1) is 33.9. The van der Waals surface area contributed by atoms with Crippen molar-refractivity contribution in [2.75, 3.05) is 0 Å². The predicted octanol–water partition coefficient (Wildman–Crippen LogP) is 10.7. The monoisotopic (exact) mass is 692 g/mol. The molecule has 2 aliphatic heterocycles. The molecule has 2 aliphatic rings. The summed E-state index contributed by atoms with van der Waals surface area (Å²) in [5.74, 6) is 0. The van der Waals surface area contributed by atoms with Crippen molar-refractivity contribution in [2.45, 2.75) is 107 Å². The van der Waals surface area contributed by atoms with E-state index in [1.54, 1.807) is 0 Å². The molecule has 0 amide bonds. The maximum absolute atomic E-state index is 5.25. The van der Waals surface area contributed by atoms with Gasteiger partial charge in [-0.25, -0.2) is 9.97 Å². The summed E-state index contributed by atoms with van der Waals surface area (Å²) in [6, 6.07) is 8.98. The second kappa shape index (κ2) is 15.4. The van der Waals surface area contributed by atoms with Crippen molar-refractivity contribution in [2.24, 2.45) is 0 Å². The first-order valence-corrected chi connectivity index (χ1v) is 22.3. The van der Waals surface area contributed by atoms with Crippen molar-refractivity contribution in [3.05, 3.63) is 69.3 Å². The van der Waals surface area contributed by atoms with E-state index >= 15 is 0 Å². The molecule has 0 N–H and O–H groups in total. The average Bonchev–Trinajstić information content (AvgIpc) is 3.72. The molecule has 3 aromatic heterocycles. The Bertz CT molecular complexity index is 1470. The number of rotatable bonds is 8. The summed E-state index contributed by atoms with van der Waals surface area (Å²) in [6.45, 7) is 17.9. The van der Waals surface area contributed by atoms with Crippen molar-refractivity contribution >= 4 is 61.4 Å². The second-order valence-electron chi connectivity index (χ2n) is 10.8. The Morgan fingerprint density at radius 3 is 0.814 bits per heavy atom. The van der Waals surface area contributed by atoms with Crippen molar-refractivity contribution in [3.63, 3.8) is 0 Å². The van der Waals surface area contributed by atoms with Crippen LogP contribution >= 0.6 is 17.0 Å². The first-order valence-electron chi connectivity index (χ1n) is 16.0. The minimum atomic E-state index is -0.826. The third-order valence-corrected chi connectivity index (χ3v) is 8.82. The Balaban J connectivity index is 0.00000135. The summed E-state index contributed by atoms with van der Waals surface area (Å²) in [4.78, 5) is 21.0. The van der Waals surface area contributed by atoms with Gasteiger partial charge in [-0.05, 0) is 73.7 Å². The molecule has 4 nitrogen and oxygen atoms in total. The van der Waals surface area contributed by atoms with Crippen LogP contribution in [0.15, 0.2) is 24.3 Å². The quantitative estimate of drug-likeness (QED) is 0.236. The van der Waals surface area contributed by atoms with Crippen LogP contribution < -0.4 is 9.97 Å². The number of allylic oxidation sites excluding steroid dienone is 4. The van der Waals surface area contributed by atoms with E-state index in [1.807, 2.05) is 0 Å². The zero-order valence-corrected chi connectivity index (χ0v) is 31.0. The van der Waals surface area contributed by atoms with Crippen LogP contribution in [0.1, 0.15) is 126 Å². The van der Waals surface area contributed by atoms with E-state index < -0.39 is 20.8 Å². The van der Waals surface area contributed by atoms with E-state index in [0.29, 0.717) is 0 Å². The molecule has 0 unspecified atom stereocenters. The van der Waals surface area contributed by atoms with Crippen LogP contribution in [0.4, 0.5) is 0 Å². The average molecular weight is 695 g/mol. The molecule has 0 aliphatic carbocycles. The zero-order chi connectivity index (χ0) is 31.3. The van der Waals surface area contributed by atoms with Crippen LogP contribution in [-0.4, -0.2) is 9.97 Å². The summed E-state index contributed by atoms with van der Waals surface area (Å²) in [6.07, 6.45) is 7.60. The van der Waals surface area contributed by atoms with Crippen molar-refractivity contribution in [1.82, 2.24) is 19.9 Å². The Morgan fingerprint density at radius 2 is 0.651 bits per heavy atom. The van der Waals surface area contributed by atoms with Crippen LogP contribution in [-0.2, 0) is 46.5 Å². The predicted molar refractivity (Wildman–Crippen MR) is 183 cm³/mol. The Kier molecular flexibility index (Phi) is 12.1. The van der Waals surface area contributed by atoms with Crippen LogP contribution in [0.5, 0.6) is 0 Å². The van der Waals surface area contributed by atoms with Gasteiger partial charge in [0.05, 0.1) is 22.8 Å². The van der Waals surface area contributed by atoms with Gasteiger partial charge in [0.1, 0.15) is 0 Å². The number of nitrogens with zero attached hydrogens (tertiary/aromatic N) is 4. The van der Waals surface area contributed by atoms with Gasteiger partial charge in [-0.15, -0.1) is 22.1 Å². The molecule has 43 heavy (non-hydrogen) atoms. The molecule has 5 rings (SSSR count). The fraction of sp³-hybridized carbons (Fsp3) is 0.444. The number of halogens is 2. The summed E-state index contributed by atoms with van der Waals surface area (Å²) in [5, 5.41) is 0. The first-order chi connectivity index (χ1) is 20.9. The molecule has 5 heterocycles. The van der Waals surface area contributed by atoms with Gasteiger partial charge in [0.25, 0.3) is 0 Å². The third kappa shape index (κ3) is 6.56. The molecular weight excluding hydrogens is 651 g/mol. The number of aryl methyl sites for hydroxylation is 4. The van der Waals surface area contributed by atoms with Gasteiger partial charge in [0.15, 0.2) is 0 Å². The van der Waals surface area contributed by atoms with Gasteiger partial charge in [-0.2, -0.15) is 0 Å². The van der Waals surface area contributed by atoms with Crippen molar-refractivity contribution in [1.29, 1.82) is 0 Å². The number of hydrogen-bond acceptors (Lipinski definition) is 2. The normalized spacial score (nSPS) is 12.9. The maximum atomic E-state index is 5.25. The fourth-order valence-electron chi connectivity index (χ4n) is 6.92.